The van der Waals surface area contributed by atoms with Crippen LogP contribution in [0.2, 0.25) is 0 Å². The molecule has 2 aromatic heterocycles. The van der Waals surface area contributed by atoms with Gasteiger partial charge in [-0.15, -0.1) is 11.3 Å². The van der Waals surface area contributed by atoms with Crippen molar-refractivity contribution in [1.82, 2.24) is 5.16 Å². The van der Waals surface area contributed by atoms with Crippen molar-refractivity contribution in [1.29, 1.82) is 0 Å². The van der Waals surface area contributed by atoms with Gasteiger partial charge in [-0.2, -0.15) is 0 Å². The number of aryl methyl sites for hydroxylation is 2. The summed E-state index contributed by atoms with van der Waals surface area (Å²) in [6, 6.07) is 1.98. The molecule has 0 radical (unpaired) electrons. The highest BCUT2D eigenvalue weighted by Gasteiger charge is 2.29. The molecule has 28 heavy (non-hydrogen) atoms. The van der Waals surface area contributed by atoms with E-state index < -0.39 is 5.91 Å². The summed E-state index contributed by atoms with van der Waals surface area (Å²) in [7, 11) is 0. The topological polar surface area (TPSA) is 107 Å². The Hall–Kier alpha value is -2.23. The van der Waals surface area contributed by atoms with Crippen LogP contribution in [0.4, 0.5) is 5.00 Å². The quantitative estimate of drug-likeness (QED) is 0.472. The molecule has 2 aromatic rings. The minimum Gasteiger partial charge on any atom is -0.365 e. The molecule has 2 amide bonds. The van der Waals surface area contributed by atoms with E-state index in [-0.39, 0.29) is 5.91 Å². The Balaban J connectivity index is 1.29. The summed E-state index contributed by atoms with van der Waals surface area (Å²) in [4.78, 5) is 28.3. The fourth-order valence-corrected chi connectivity index (χ4v) is 5.53. The van der Waals surface area contributed by atoms with E-state index in [1.165, 1.54) is 26.0 Å². The number of aromatic nitrogens is 1. The monoisotopic (exact) mass is 405 g/mol. The van der Waals surface area contributed by atoms with Gasteiger partial charge in [0.05, 0.1) is 5.56 Å². The van der Waals surface area contributed by atoms with Gasteiger partial charge in [0.15, 0.2) is 6.54 Å². The van der Waals surface area contributed by atoms with Crippen LogP contribution >= 0.6 is 11.3 Å². The molecular formula is C19H27N5O3S+2. The number of nitrogens with one attached hydrogen (secondary N) is 3. The lowest BCUT2D eigenvalue weighted by Gasteiger charge is -2.28. The van der Waals surface area contributed by atoms with Crippen molar-refractivity contribution in [3.63, 3.8) is 0 Å². The predicted octanol–water partition coefficient (Wildman–Crippen LogP) is -1.45. The Kier molecular flexibility index (Phi) is 5.47. The standard InChI is InChI=1S/C19H25N5O3S/c1-12-9-13(22-27-12)10-23-5-7-24(8-6-23)11-16(25)21-19-17(18(20)26)14-3-2-4-15(14)28-19/h9H,2-8,10-11H2,1H3,(H2,20,26)(H,21,25)/p+2. The van der Waals surface area contributed by atoms with Gasteiger partial charge >= 0.3 is 0 Å². The highest BCUT2D eigenvalue weighted by atomic mass is 32.1. The average molecular weight is 406 g/mol. The lowest BCUT2D eigenvalue weighted by molar-refractivity contribution is -1.02. The number of thiophene rings is 1. The number of nitrogens with zero attached hydrogens (tertiary/aromatic N) is 1. The van der Waals surface area contributed by atoms with Crippen LogP contribution < -0.4 is 20.9 Å². The first kappa shape index (κ1) is 19.1. The largest absolute Gasteiger partial charge is 0.365 e. The molecule has 3 heterocycles. The number of hydrogen-bond acceptors (Lipinski definition) is 5. The van der Waals surface area contributed by atoms with Crippen LogP contribution in [-0.2, 0) is 24.2 Å². The summed E-state index contributed by atoms with van der Waals surface area (Å²) in [5.41, 5.74) is 8.12. The van der Waals surface area contributed by atoms with Gasteiger partial charge in [-0.1, -0.05) is 5.16 Å². The number of carbonyl (C=O) groups excluding carboxylic acids is 2. The molecule has 0 aromatic carbocycles. The molecular weight excluding hydrogens is 378 g/mol. The average Bonchev–Trinajstić information content (AvgIpc) is 3.32. The van der Waals surface area contributed by atoms with Crippen molar-refractivity contribution < 1.29 is 23.9 Å². The fourth-order valence-electron chi connectivity index (χ4n) is 4.22. The van der Waals surface area contributed by atoms with Crippen LogP contribution in [-0.4, -0.2) is 49.7 Å². The van der Waals surface area contributed by atoms with Crippen molar-refractivity contribution in [3.05, 3.63) is 33.5 Å². The van der Waals surface area contributed by atoms with Gasteiger partial charge in [0.1, 0.15) is 49.2 Å². The third kappa shape index (κ3) is 4.11. The minimum absolute atomic E-state index is 0.0481. The Morgan fingerprint density at radius 2 is 2.00 bits per heavy atom. The van der Waals surface area contributed by atoms with Crippen molar-refractivity contribution >= 4 is 28.2 Å². The summed E-state index contributed by atoms with van der Waals surface area (Å²) < 4.78 is 5.13. The molecule has 9 heteroatoms. The SMILES string of the molecule is Cc1cc(C[NH+]2CC[NH+](CC(=O)Nc3sc4c(c3C(N)=O)CCC4)CC2)no1. The second-order valence-electron chi connectivity index (χ2n) is 7.76. The lowest BCUT2D eigenvalue weighted by Crippen LogP contribution is -3.28. The Morgan fingerprint density at radius 1 is 1.25 bits per heavy atom. The number of amides is 2. The van der Waals surface area contributed by atoms with Crippen LogP contribution in [0.5, 0.6) is 0 Å². The van der Waals surface area contributed by atoms with Gasteiger partial charge < -0.3 is 25.4 Å². The van der Waals surface area contributed by atoms with Crippen LogP contribution in [0, 0.1) is 6.92 Å². The van der Waals surface area contributed by atoms with Gasteiger partial charge in [-0.3, -0.25) is 9.59 Å². The van der Waals surface area contributed by atoms with Gasteiger partial charge in [0.2, 0.25) is 0 Å². The number of quaternary nitrogens is 2. The third-order valence-corrected chi connectivity index (χ3v) is 6.81. The van der Waals surface area contributed by atoms with Crippen molar-refractivity contribution in [3.8, 4) is 0 Å². The zero-order valence-electron chi connectivity index (χ0n) is 16.1. The Labute approximate surface area is 167 Å². The van der Waals surface area contributed by atoms with Gasteiger partial charge in [0, 0.05) is 10.9 Å². The normalized spacial score (nSPS) is 21.5. The van der Waals surface area contributed by atoms with E-state index in [0.29, 0.717) is 17.1 Å². The van der Waals surface area contributed by atoms with Gasteiger partial charge in [-0.05, 0) is 31.7 Å². The lowest BCUT2D eigenvalue weighted by atomic mass is 10.1. The van der Waals surface area contributed by atoms with Crippen LogP contribution in [0.15, 0.2) is 10.6 Å². The molecule has 5 N–H and O–H groups in total. The van der Waals surface area contributed by atoms with Crippen LogP contribution in [0.1, 0.15) is 38.7 Å². The van der Waals surface area contributed by atoms with Crippen molar-refractivity contribution in [2.45, 2.75) is 32.7 Å². The maximum atomic E-state index is 12.6. The second kappa shape index (κ2) is 8.02. The second-order valence-corrected chi connectivity index (χ2v) is 8.86. The van der Waals surface area contributed by atoms with E-state index in [4.69, 9.17) is 10.3 Å². The number of carbonyl (C=O) groups is 2. The fraction of sp³-hybridized carbons (Fsp3) is 0.526. The molecule has 0 bridgehead atoms. The summed E-state index contributed by atoms with van der Waals surface area (Å²) >= 11 is 1.51. The van der Waals surface area contributed by atoms with E-state index in [1.54, 1.807) is 0 Å². The number of piperazine rings is 1. The van der Waals surface area contributed by atoms with Gasteiger partial charge in [-0.25, -0.2) is 0 Å². The number of nitrogens with two attached hydrogens (primary N) is 1. The van der Waals surface area contributed by atoms with E-state index in [9.17, 15) is 9.59 Å². The zero-order chi connectivity index (χ0) is 19.7. The molecule has 0 unspecified atom stereocenters. The smallest absolute Gasteiger partial charge is 0.280 e. The third-order valence-electron chi connectivity index (χ3n) is 5.60. The molecule has 1 fully saturated rings. The van der Waals surface area contributed by atoms with Crippen LogP contribution in [0.3, 0.4) is 0 Å². The van der Waals surface area contributed by atoms with E-state index >= 15 is 0 Å². The highest BCUT2D eigenvalue weighted by Crippen LogP contribution is 2.38. The molecule has 0 saturated carbocycles. The molecule has 0 spiro atoms. The molecule has 2 aliphatic rings. The molecule has 1 aliphatic carbocycles. The molecule has 0 atom stereocenters. The number of rotatable bonds is 6. The van der Waals surface area contributed by atoms with E-state index in [0.717, 1.165) is 69.0 Å². The molecule has 150 valence electrons. The first-order chi connectivity index (χ1) is 13.5. The maximum absolute atomic E-state index is 12.6. The van der Waals surface area contributed by atoms with Crippen molar-refractivity contribution in [2.75, 3.05) is 38.0 Å². The molecule has 4 rings (SSSR count). The predicted molar refractivity (Wildman–Crippen MR) is 105 cm³/mol. The summed E-state index contributed by atoms with van der Waals surface area (Å²) in [6.07, 6.45) is 2.90. The molecule has 8 nitrogen and oxygen atoms in total. The molecule has 1 aliphatic heterocycles. The number of primary amides is 1. The Bertz CT molecular complexity index is 882. The first-order valence-electron chi connectivity index (χ1n) is 9.83. The van der Waals surface area contributed by atoms with Crippen LogP contribution in [0.25, 0.3) is 0 Å². The number of hydrogen-bond donors (Lipinski definition) is 4. The minimum atomic E-state index is -0.442. The molecule has 1 saturated heterocycles. The van der Waals surface area contributed by atoms with E-state index in [1.807, 2.05) is 13.0 Å². The first-order valence-corrected chi connectivity index (χ1v) is 10.6. The van der Waals surface area contributed by atoms with E-state index in [2.05, 4.69) is 10.5 Å². The van der Waals surface area contributed by atoms with Gasteiger partial charge in [0.25, 0.3) is 11.8 Å². The summed E-state index contributed by atoms with van der Waals surface area (Å²) in [5, 5.41) is 7.65. The summed E-state index contributed by atoms with van der Waals surface area (Å²) in [5.74, 6) is 0.348. The van der Waals surface area contributed by atoms with Crippen molar-refractivity contribution in [2.24, 2.45) is 5.73 Å². The zero-order valence-corrected chi connectivity index (χ0v) is 16.9. The number of fused-ring (bicyclic) bond motifs is 1. The number of anilines is 1. The maximum Gasteiger partial charge on any atom is 0.280 e. The highest BCUT2D eigenvalue weighted by molar-refractivity contribution is 7.17. The summed E-state index contributed by atoms with van der Waals surface area (Å²) in [6.45, 7) is 7.03. The Morgan fingerprint density at radius 3 is 2.68 bits per heavy atom.